The van der Waals surface area contributed by atoms with Crippen molar-refractivity contribution >= 4 is 40.8 Å². The number of carbonyl (C=O) groups excluding carboxylic acids is 2. The lowest BCUT2D eigenvalue weighted by molar-refractivity contribution is -0.148. The van der Waals surface area contributed by atoms with Crippen LogP contribution in [-0.2, 0) is 20.5 Å². The zero-order valence-corrected chi connectivity index (χ0v) is 20.9. The van der Waals surface area contributed by atoms with E-state index < -0.39 is 24.3 Å². The highest BCUT2D eigenvalue weighted by Gasteiger charge is 2.32. The molecule has 0 saturated carbocycles. The van der Waals surface area contributed by atoms with Gasteiger partial charge in [-0.05, 0) is 62.7 Å². The van der Waals surface area contributed by atoms with Gasteiger partial charge in [-0.15, -0.1) is 0 Å². The van der Waals surface area contributed by atoms with Crippen LogP contribution >= 0.6 is 23.2 Å². The molecule has 0 aromatic heterocycles. The average molecular weight is 549 g/mol. The number of hydrogen-bond donors (Lipinski definition) is 1. The number of benzene rings is 2. The van der Waals surface area contributed by atoms with Gasteiger partial charge in [0.1, 0.15) is 24.1 Å². The van der Waals surface area contributed by atoms with E-state index in [1.165, 1.54) is 6.07 Å². The molecule has 1 amide bonds. The summed E-state index contributed by atoms with van der Waals surface area (Å²) in [7, 11) is 0. The van der Waals surface area contributed by atoms with Crippen LogP contribution in [0.1, 0.15) is 25.3 Å². The Kier molecular flexibility index (Phi) is 9.69. The molecule has 0 aliphatic carbocycles. The first-order valence-electron chi connectivity index (χ1n) is 11.2. The fraction of sp³-hybridized carbons (Fsp3) is 0.417. The topological polar surface area (TPSA) is 77.1 Å². The Morgan fingerprint density at radius 1 is 1.08 bits per heavy atom. The van der Waals surface area contributed by atoms with Crippen molar-refractivity contribution in [1.29, 1.82) is 0 Å². The van der Waals surface area contributed by atoms with Gasteiger partial charge in [0, 0.05) is 12.2 Å². The van der Waals surface area contributed by atoms with Crippen LogP contribution in [0.2, 0.25) is 10.0 Å². The normalized spacial score (nSPS) is 16.0. The smallest absolute Gasteiger partial charge is 0.416 e. The Labute approximate surface area is 216 Å². The van der Waals surface area contributed by atoms with E-state index in [0.717, 1.165) is 37.6 Å². The highest BCUT2D eigenvalue weighted by atomic mass is 35.5. The standard InChI is InChI=1S/C24H25Cl2F3N2O5/c1-2-34-23(33)19-4-3-9-31(19)10-11-35-20-8-6-16(13-18(20)26)30-22(32)14-36-21-7-5-15(12-17(21)25)24(27,28)29/h5-8,12-13,19H,2-4,9-11,14H2,1H3,(H,30,32)/t19-/m0/s1. The molecule has 3 rings (SSSR count). The third-order valence-corrected chi connectivity index (χ3v) is 5.98. The van der Waals surface area contributed by atoms with Gasteiger partial charge in [0.15, 0.2) is 6.61 Å². The summed E-state index contributed by atoms with van der Waals surface area (Å²) in [6.07, 6.45) is -2.87. The molecule has 1 aliphatic rings. The van der Waals surface area contributed by atoms with Crippen molar-refractivity contribution in [3.8, 4) is 11.5 Å². The summed E-state index contributed by atoms with van der Waals surface area (Å²) in [5.74, 6) is -0.424. The largest absolute Gasteiger partial charge is 0.491 e. The molecule has 2 aromatic rings. The molecule has 36 heavy (non-hydrogen) atoms. The number of alkyl halides is 3. The minimum absolute atomic E-state index is 0.0511. The number of carbonyl (C=O) groups is 2. The SMILES string of the molecule is CCOC(=O)[C@@H]1CCCN1CCOc1ccc(NC(=O)COc2ccc(C(F)(F)F)cc2Cl)cc1Cl. The van der Waals surface area contributed by atoms with E-state index in [9.17, 15) is 22.8 Å². The third-order valence-electron chi connectivity index (χ3n) is 5.39. The Morgan fingerprint density at radius 2 is 1.78 bits per heavy atom. The maximum absolute atomic E-state index is 12.7. The minimum Gasteiger partial charge on any atom is -0.491 e. The Morgan fingerprint density at radius 3 is 2.44 bits per heavy atom. The van der Waals surface area contributed by atoms with Crippen LogP contribution in [0.4, 0.5) is 18.9 Å². The van der Waals surface area contributed by atoms with Crippen LogP contribution in [0.25, 0.3) is 0 Å². The molecular formula is C24H25Cl2F3N2O5. The summed E-state index contributed by atoms with van der Waals surface area (Å²) in [5.41, 5.74) is -0.540. The number of ether oxygens (including phenoxy) is 3. The van der Waals surface area contributed by atoms with Crippen molar-refractivity contribution in [3.63, 3.8) is 0 Å². The second-order valence-corrected chi connectivity index (χ2v) is 8.73. The molecule has 7 nitrogen and oxygen atoms in total. The Balaban J connectivity index is 1.47. The summed E-state index contributed by atoms with van der Waals surface area (Å²) in [5, 5.41) is 2.59. The quantitative estimate of drug-likeness (QED) is 0.398. The van der Waals surface area contributed by atoms with Gasteiger partial charge in [-0.25, -0.2) is 0 Å². The molecule has 1 N–H and O–H groups in total. The first-order chi connectivity index (χ1) is 17.1. The highest BCUT2D eigenvalue weighted by molar-refractivity contribution is 6.32. The summed E-state index contributed by atoms with van der Waals surface area (Å²) in [6, 6.07) is 7.02. The Hall–Kier alpha value is -2.69. The van der Waals surface area contributed by atoms with Crippen LogP contribution in [0, 0.1) is 0 Å². The summed E-state index contributed by atoms with van der Waals surface area (Å²) >= 11 is 12.1. The van der Waals surface area contributed by atoms with E-state index in [4.69, 9.17) is 37.4 Å². The number of halogens is 5. The summed E-state index contributed by atoms with van der Waals surface area (Å²) in [6.45, 7) is 3.26. The van der Waals surface area contributed by atoms with Gasteiger partial charge in [0.25, 0.3) is 5.91 Å². The fourth-order valence-corrected chi connectivity index (χ4v) is 4.17. The molecule has 1 fully saturated rings. The van der Waals surface area contributed by atoms with Crippen LogP contribution < -0.4 is 14.8 Å². The van der Waals surface area contributed by atoms with Gasteiger partial charge in [0.2, 0.25) is 0 Å². The lowest BCUT2D eigenvalue weighted by Crippen LogP contribution is -2.39. The van der Waals surface area contributed by atoms with Crippen molar-refractivity contribution in [1.82, 2.24) is 4.90 Å². The van der Waals surface area contributed by atoms with Gasteiger partial charge in [0.05, 0.1) is 22.2 Å². The van der Waals surface area contributed by atoms with Gasteiger partial charge in [-0.2, -0.15) is 13.2 Å². The van der Waals surface area contributed by atoms with Gasteiger partial charge in [-0.1, -0.05) is 23.2 Å². The molecule has 0 bridgehead atoms. The van der Waals surface area contributed by atoms with E-state index >= 15 is 0 Å². The van der Waals surface area contributed by atoms with E-state index in [2.05, 4.69) is 5.32 Å². The van der Waals surface area contributed by atoms with Crippen LogP contribution in [0.5, 0.6) is 11.5 Å². The first-order valence-corrected chi connectivity index (χ1v) is 12.0. The molecule has 1 aliphatic heterocycles. The van der Waals surface area contributed by atoms with Crippen molar-refractivity contribution in [3.05, 3.63) is 52.0 Å². The molecular weight excluding hydrogens is 524 g/mol. The molecule has 1 heterocycles. The minimum atomic E-state index is -4.53. The molecule has 1 atom stereocenters. The highest BCUT2D eigenvalue weighted by Crippen LogP contribution is 2.34. The van der Waals surface area contributed by atoms with E-state index in [0.29, 0.717) is 31.2 Å². The van der Waals surface area contributed by atoms with Crippen molar-refractivity contribution in [2.24, 2.45) is 0 Å². The molecule has 1 saturated heterocycles. The van der Waals surface area contributed by atoms with Gasteiger partial charge in [-0.3, -0.25) is 14.5 Å². The van der Waals surface area contributed by atoms with Gasteiger partial charge >= 0.3 is 12.1 Å². The van der Waals surface area contributed by atoms with E-state index in [1.54, 1.807) is 19.1 Å². The van der Waals surface area contributed by atoms with Crippen molar-refractivity contribution in [2.75, 3.05) is 38.2 Å². The molecule has 0 unspecified atom stereocenters. The summed E-state index contributed by atoms with van der Waals surface area (Å²) < 4.78 is 54.3. The third kappa shape index (κ3) is 7.65. The zero-order chi connectivity index (χ0) is 26.3. The van der Waals surface area contributed by atoms with Crippen molar-refractivity contribution < 1.29 is 37.0 Å². The number of likely N-dealkylation sites (tertiary alicyclic amines) is 1. The molecule has 196 valence electrons. The molecule has 12 heteroatoms. The van der Waals surface area contributed by atoms with Crippen LogP contribution in [0.3, 0.4) is 0 Å². The maximum atomic E-state index is 12.7. The Bertz CT molecular complexity index is 1080. The lowest BCUT2D eigenvalue weighted by Gasteiger charge is -2.22. The molecule has 2 aromatic carbocycles. The number of anilines is 1. The lowest BCUT2D eigenvalue weighted by atomic mass is 10.2. The number of nitrogens with zero attached hydrogens (tertiary/aromatic N) is 1. The molecule has 0 spiro atoms. The predicted octanol–water partition coefficient (Wildman–Crippen LogP) is 5.44. The summed E-state index contributed by atoms with van der Waals surface area (Å²) in [4.78, 5) is 26.3. The number of rotatable bonds is 10. The number of nitrogens with one attached hydrogen (secondary N) is 1. The number of esters is 1. The van der Waals surface area contributed by atoms with Crippen LogP contribution in [0.15, 0.2) is 36.4 Å². The monoisotopic (exact) mass is 548 g/mol. The van der Waals surface area contributed by atoms with Crippen molar-refractivity contribution in [2.45, 2.75) is 32.0 Å². The first kappa shape index (κ1) is 27.9. The second-order valence-electron chi connectivity index (χ2n) is 7.92. The average Bonchev–Trinajstić information content (AvgIpc) is 3.28. The van der Waals surface area contributed by atoms with Crippen LogP contribution in [-0.4, -0.2) is 55.7 Å². The predicted molar refractivity (Wildman–Crippen MR) is 129 cm³/mol. The fourth-order valence-electron chi connectivity index (χ4n) is 3.70. The number of hydrogen-bond acceptors (Lipinski definition) is 6. The number of amides is 1. The van der Waals surface area contributed by atoms with Gasteiger partial charge < -0.3 is 19.5 Å². The second kappa shape index (κ2) is 12.5. The zero-order valence-electron chi connectivity index (χ0n) is 19.4. The maximum Gasteiger partial charge on any atom is 0.416 e. The molecule has 0 radical (unpaired) electrons. The van der Waals surface area contributed by atoms with E-state index in [-0.39, 0.29) is 27.8 Å². The van der Waals surface area contributed by atoms with E-state index in [1.807, 2.05) is 4.90 Å².